The normalized spacial score (nSPS) is 32.7. The van der Waals surface area contributed by atoms with Crippen molar-refractivity contribution in [3.05, 3.63) is 35.4 Å². The van der Waals surface area contributed by atoms with E-state index in [0.29, 0.717) is 5.92 Å². The molecule has 0 unspecified atom stereocenters. The number of hydrogen-bond donors (Lipinski definition) is 1. The molecule has 1 aromatic rings. The number of nitrogens with zero attached hydrogens (tertiary/aromatic N) is 2. The van der Waals surface area contributed by atoms with Gasteiger partial charge in [-0.05, 0) is 107 Å². The first-order valence-electron chi connectivity index (χ1n) is 14.2. The van der Waals surface area contributed by atoms with Crippen LogP contribution in [-0.4, -0.2) is 53.5 Å². The molecule has 1 amide bonds. The van der Waals surface area contributed by atoms with E-state index in [0.717, 1.165) is 43.8 Å². The van der Waals surface area contributed by atoms with E-state index in [9.17, 15) is 4.79 Å². The molecule has 3 atom stereocenters. The van der Waals surface area contributed by atoms with Crippen LogP contribution in [0.3, 0.4) is 0 Å². The lowest BCUT2D eigenvalue weighted by atomic mass is 9.69. The highest BCUT2D eigenvalue weighted by atomic mass is 16.2. The molecule has 0 radical (unpaired) electrons. The van der Waals surface area contributed by atoms with Gasteiger partial charge in [0.2, 0.25) is 5.91 Å². The highest BCUT2D eigenvalue weighted by Gasteiger charge is 2.42. The minimum Gasteiger partial charge on any atom is -0.350 e. The van der Waals surface area contributed by atoms with E-state index in [-0.39, 0.29) is 17.5 Å². The highest BCUT2D eigenvalue weighted by molar-refractivity contribution is 5.82. The summed E-state index contributed by atoms with van der Waals surface area (Å²) in [5, 5.41) is 3.31. The van der Waals surface area contributed by atoms with E-state index in [1.807, 2.05) is 0 Å². The van der Waals surface area contributed by atoms with Crippen molar-refractivity contribution in [1.82, 2.24) is 15.1 Å². The molecule has 2 saturated heterocycles. The van der Waals surface area contributed by atoms with Crippen LogP contribution in [0.1, 0.15) is 95.6 Å². The van der Waals surface area contributed by atoms with E-state index in [2.05, 4.69) is 60.2 Å². The number of rotatable bonds is 6. The number of carbonyl (C=O) groups is 1. The Bertz CT molecular complexity index is 816. The Morgan fingerprint density at radius 1 is 0.941 bits per heavy atom. The largest absolute Gasteiger partial charge is 0.350 e. The monoisotopic (exact) mass is 465 g/mol. The number of fused-ring (bicyclic) bond motifs is 1. The first-order chi connectivity index (χ1) is 16.3. The molecule has 0 aromatic heterocycles. The fourth-order valence-corrected chi connectivity index (χ4v) is 7.21. The summed E-state index contributed by atoms with van der Waals surface area (Å²) >= 11 is 0. The minimum absolute atomic E-state index is 0.0718. The molecule has 188 valence electrons. The van der Waals surface area contributed by atoms with Crippen molar-refractivity contribution >= 4 is 5.91 Å². The molecule has 0 bridgehead atoms. The summed E-state index contributed by atoms with van der Waals surface area (Å²) in [6.45, 7) is 12.2. The van der Waals surface area contributed by atoms with Crippen molar-refractivity contribution in [3.8, 4) is 0 Å². The zero-order chi connectivity index (χ0) is 23.7. The van der Waals surface area contributed by atoms with Crippen LogP contribution in [0.2, 0.25) is 0 Å². The predicted molar refractivity (Wildman–Crippen MR) is 140 cm³/mol. The average molecular weight is 466 g/mol. The van der Waals surface area contributed by atoms with Crippen LogP contribution in [0.25, 0.3) is 0 Å². The smallest absolute Gasteiger partial charge is 0.237 e. The molecule has 0 spiro atoms. The molecular formula is C30H47N3O. The van der Waals surface area contributed by atoms with Gasteiger partial charge in [-0.15, -0.1) is 0 Å². The van der Waals surface area contributed by atoms with Gasteiger partial charge in [0.25, 0.3) is 0 Å². The van der Waals surface area contributed by atoms with Crippen LogP contribution in [0, 0.1) is 17.8 Å². The second-order valence-electron chi connectivity index (χ2n) is 13.0. The molecule has 2 heterocycles. The van der Waals surface area contributed by atoms with Crippen LogP contribution in [-0.2, 0) is 11.3 Å². The summed E-state index contributed by atoms with van der Waals surface area (Å²) in [4.78, 5) is 18.4. The molecule has 4 heteroatoms. The van der Waals surface area contributed by atoms with E-state index < -0.39 is 0 Å². The zero-order valence-corrected chi connectivity index (χ0v) is 21.9. The van der Waals surface area contributed by atoms with Gasteiger partial charge in [0, 0.05) is 25.2 Å². The number of amides is 1. The van der Waals surface area contributed by atoms with Gasteiger partial charge in [0.15, 0.2) is 0 Å². The Kier molecular flexibility index (Phi) is 7.37. The van der Waals surface area contributed by atoms with Gasteiger partial charge in [-0.2, -0.15) is 0 Å². The van der Waals surface area contributed by atoms with Crippen LogP contribution >= 0.6 is 0 Å². The lowest BCUT2D eigenvalue weighted by Crippen LogP contribution is -2.58. The van der Waals surface area contributed by atoms with Crippen molar-refractivity contribution in [2.24, 2.45) is 17.8 Å². The van der Waals surface area contributed by atoms with Crippen molar-refractivity contribution in [1.29, 1.82) is 0 Å². The summed E-state index contributed by atoms with van der Waals surface area (Å²) in [6.07, 6.45) is 11.8. The van der Waals surface area contributed by atoms with E-state index >= 15 is 0 Å². The fraction of sp³-hybridized carbons (Fsp3) is 0.767. The van der Waals surface area contributed by atoms with Crippen molar-refractivity contribution < 1.29 is 4.79 Å². The molecule has 1 aromatic carbocycles. The van der Waals surface area contributed by atoms with Crippen molar-refractivity contribution in [3.63, 3.8) is 0 Å². The Balaban J connectivity index is 1.16. The molecule has 4 fully saturated rings. The second kappa shape index (κ2) is 10.3. The van der Waals surface area contributed by atoms with Gasteiger partial charge in [0.1, 0.15) is 0 Å². The molecule has 4 nitrogen and oxygen atoms in total. The summed E-state index contributed by atoms with van der Waals surface area (Å²) in [5.74, 6) is 3.28. The van der Waals surface area contributed by atoms with Crippen LogP contribution in [0.15, 0.2) is 24.3 Å². The molecule has 2 aliphatic heterocycles. The molecule has 2 saturated carbocycles. The summed E-state index contributed by atoms with van der Waals surface area (Å²) in [5.41, 5.74) is 2.83. The number of benzene rings is 1. The molecule has 4 aliphatic rings. The number of piperidine rings is 1. The topological polar surface area (TPSA) is 35.6 Å². The van der Waals surface area contributed by atoms with Gasteiger partial charge in [-0.3, -0.25) is 14.6 Å². The van der Waals surface area contributed by atoms with Crippen molar-refractivity contribution in [2.75, 3.05) is 26.2 Å². The highest BCUT2D eigenvalue weighted by Crippen LogP contribution is 2.44. The minimum atomic E-state index is -0.158. The summed E-state index contributed by atoms with van der Waals surface area (Å²) in [6, 6.07) is 9.57. The number of nitrogens with one attached hydrogen (secondary N) is 1. The second-order valence-corrected chi connectivity index (χ2v) is 13.0. The number of hydrogen-bond acceptors (Lipinski definition) is 3. The average Bonchev–Trinajstić information content (AvgIpc) is 3.28. The Labute approximate surface area is 207 Å². The SMILES string of the molecule is CC(C)(C)NC(=O)[C@@H]1C[C@@H]2CCCC[C@@H]2CN1CC1CC(c2ccc(CN3CCCC3)cc2)C1. The Morgan fingerprint density at radius 3 is 2.29 bits per heavy atom. The van der Waals surface area contributed by atoms with Gasteiger partial charge < -0.3 is 5.32 Å². The van der Waals surface area contributed by atoms with Gasteiger partial charge in [-0.1, -0.05) is 43.5 Å². The molecule has 1 N–H and O–H groups in total. The van der Waals surface area contributed by atoms with E-state index in [1.54, 1.807) is 0 Å². The Hall–Kier alpha value is -1.39. The maximum atomic E-state index is 13.3. The first-order valence-corrected chi connectivity index (χ1v) is 14.2. The fourth-order valence-electron chi connectivity index (χ4n) is 7.21. The van der Waals surface area contributed by atoms with E-state index in [4.69, 9.17) is 0 Å². The number of likely N-dealkylation sites (tertiary alicyclic amines) is 2. The third-order valence-corrected chi connectivity index (χ3v) is 9.09. The predicted octanol–water partition coefficient (Wildman–Crippen LogP) is 5.57. The summed E-state index contributed by atoms with van der Waals surface area (Å²) in [7, 11) is 0. The lowest BCUT2D eigenvalue weighted by molar-refractivity contribution is -0.132. The molecule has 2 aliphatic carbocycles. The quantitative estimate of drug-likeness (QED) is 0.596. The zero-order valence-electron chi connectivity index (χ0n) is 21.9. The van der Waals surface area contributed by atoms with Crippen molar-refractivity contribution in [2.45, 2.75) is 103 Å². The standard InChI is InChI=1S/C30H47N3O/c1-30(2,3)31-29(34)28-18-25-8-4-5-9-26(25)21-33(28)20-23-16-27(17-23)24-12-10-22(11-13-24)19-32-14-6-7-15-32/h10-13,23,25-28H,4-9,14-21H2,1-3H3,(H,31,34)/t23?,25-,26+,27?,28-/m0/s1. The van der Waals surface area contributed by atoms with Gasteiger partial charge in [0.05, 0.1) is 6.04 Å². The first kappa shape index (κ1) is 24.3. The number of carbonyl (C=O) groups excluding carboxylic acids is 1. The van der Waals surface area contributed by atoms with Crippen LogP contribution in [0.5, 0.6) is 0 Å². The van der Waals surface area contributed by atoms with Crippen LogP contribution in [0.4, 0.5) is 0 Å². The molecular weight excluding hydrogens is 418 g/mol. The molecule has 34 heavy (non-hydrogen) atoms. The third kappa shape index (κ3) is 5.87. The van der Waals surface area contributed by atoms with Crippen LogP contribution < -0.4 is 5.32 Å². The van der Waals surface area contributed by atoms with E-state index in [1.165, 1.54) is 75.6 Å². The maximum absolute atomic E-state index is 13.3. The molecule has 5 rings (SSSR count). The maximum Gasteiger partial charge on any atom is 0.237 e. The lowest BCUT2D eigenvalue weighted by Gasteiger charge is -2.48. The Morgan fingerprint density at radius 2 is 1.62 bits per heavy atom. The van der Waals surface area contributed by atoms with Gasteiger partial charge >= 0.3 is 0 Å². The summed E-state index contributed by atoms with van der Waals surface area (Å²) < 4.78 is 0. The van der Waals surface area contributed by atoms with Gasteiger partial charge in [-0.25, -0.2) is 0 Å². The third-order valence-electron chi connectivity index (χ3n) is 9.09.